The number of unbranched alkanes of at least 4 members (excludes halogenated alkanes) is 1. The summed E-state index contributed by atoms with van der Waals surface area (Å²) in [5.41, 5.74) is 8.59. The van der Waals surface area contributed by atoms with Crippen LogP contribution in [0.3, 0.4) is 0 Å². The lowest BCUT2D eigenvalue weighted by Crippen LogP contribution is -2.11. The molecule has 98 valence electrons. The van der Waals surface area contributed by atoms with E-state index in [2.05, 4.69) is 23.0 Å². The van der Waals surface area contributed by atoms with Gasteiger partial charge in [0, 0.05) is 5.56 Å². The molecule has 0 fully saturated rings. The molecule has 1 unspecified atom stereocenters. The van der Waals surface area contributed by atoms with Crippen molar-refractivity contribution in [3.05, 3.63) is 41.9 Å². The van der Waals surface area contributed by atoms with Crippen LogP contribution in [0.25, 0.3) is 11.3 Å². The number of nitrogens with one attached hydrogen (secondary N) is 1. The number of imidazole rings is 1. The fourth-order valence-corrected chi connectivity index (χ4v) is 1.99. The van der Waals surface area contributed by atoms with Gasteiger partial charge in [-0.15, -0.1) is 0 Å². The second kappa shape index (κ2) is 6.17. The van der Waals surface area contributed by atoms with E-state index in [0.717, 1.165) is 36.3 Å². The fourth-order valence-electron chi connectivity index (χ4n) is 1.99. The van der Waals surface area contributed by atoms with Gasteiger partial charge in [0.15, 0.2) is 0 Å². The van der Waals surface area contributed by atoms with Crippen molar-refractivity contribution in [3.8, 4) is 17.3 Å². The molecule has 2 aromatic rings. The van der Waals surface area contributed by atoms with E-state index in [1.807, 2.05) is 18.2 Å². The molecule has 0 saturated carbocycles. The number of hydrogen-bond donors (Lipinski definition) is 2. The predicted octanol–water partition coefficient (Wildman–Crippen LogP) is 3.14. The summed E-state index contributed by atoms with van der Waals surface area (Å²) in [5.74, 6) is 0.811. The molecule has 0 aliphatic carbocycles. The molecular weight excluding hydrogens is 236 g/mol. The average Bonchev–Trinajstić information content (AvgIpc) is 2.94. The van der Waals surface area contributed by atoms with Crippen molar-refractivity contribution >= 4 is 0 Å². The highest BCUT2D eigenvalue weighted by molar-refractivity contribution is 5.60. The highest BCUT2D eigenvalue weighted by atomic mass is 15.0. The topological polar surface area (TPSA) is 78.5 Å². The van der Waals surface area contributed by atoms with E-state index < -0.39 is 0 Å². The van der Waals surface area contributed by atoms with Gasteiger partial charge >= 0.3 is 0 Å². The van der Waals surface area contributed by atoms with Crippen molar-refractivity contribution < 1.29 is 0 Å². The van der Waals surface area contributed by atoms with E-state index in [0.29, 0.717) is 5.56 Å². The van der Waals surface area contributed by atoms with Gasteiger partial charge in [-0.25, -0.2) is 4.98 Å². The number of nitrogens with two attached hydrogens (primary N) is 1. The summed E-state index contributed by atoms with van der Waals surface area (Å²) >= 11 is 0. The number of nitriles is 1. The van der Waals surface area contributed by atoms with Crippen LogP contribution in [0.2, 0.25) is 0 Å². The second-order valence-electron chi connectivity index (χ2n) is 4.62. The molecule has 4 nitrogen and oxygen atoms in total. The van der Waals surface area contributed by atoms with Gasteiger partial charge in [0.1, 0.15) is 5.82 Å². The minimum Gasteiger partial charge on any atom is -0.341 e. The quantitative estimate of drug-likeness (QED) is 0.860. The van der Waals surface area contributed by atoms with E-state index in [-0.39, 0.29) is 6.04 Å². The van der Waals surface area contributed by atoms with Crippen molar-refractivity contribution in [1.82, 2.24) is 9.97 Å². The van der Waals surface area contributed by atoms with Crippen LogP contribution in [0.5, 0.6) is 0 Å². The molecule has 1 aromatic heterocycles. The molecule has 0 amide bonds. The third kappa shape index (κ3) is 3.21. The molecule has 1 atom stereocenters. The molecule has 2 rings (SSSR count). The maximum atomic E-state index is 8.90. The molecular formula is C15H18N4. The monoisotopic (exact) mass is 254 g/mol. The van der Waals surface area contributed by atoms with Crippen LogP contribution < -0.4 is 5.73 Å². The van der Waals surface area contributed by atoms with E-state index >= 15 is 0 Å². The molecule has 19 heavy (non-hydrogen) atoms. The number of aromatic amines is 1. The van der Waals surface area contributed by atoms with Gasteiger partial charge in [0.25, 0.3) is 0 Å². The Bertz CT molecular complexity index is 580. The Labute approximate surface area is 113 Å². The minimum atomic E-state index is -0.0483. The molecule has 0 saturated heterocycles. The largest absolute Gasteiger partial charge is 0.341 e. The van der Waals surface area contributed by atoms with Crippen molar-refractivity contribution in [2.45, 2.75) is 32.2 Å². The van der Waals surface area contributed by atoms with E-state index in [1.165, 1.54) is 0 Å². The summed E-state index contributed by atoms with van der Waals surface area (Å²) in [5, 5.41) is 8.90. The summed E-state index contributed by atoms with van der Waals surface area (Å²) in [4.78, 5) is 7.58. The van der Waals surface area contributed by atoms with Gasteiger partial charge in [0.2, 0.25) is 0 Å². The molecule has 0 radical (unpaired) electrons. The van der Waals surface area contributed by atoms with Crippen LogP contribution in [0.4, 0.5) is 0 Å². The smallest absolute Gasteiger partial charge is 0.123 e. The molecule has 1 heterocycles. The van der Waals surface area contributed by atoms with Crippen molar-refractivity contribution in [2.24, 2.45) is 5.73 Å². The number of rotatable bonds is 5. The molecule has 0 spiro atoms. The Morgan fingerprint density at radius 3 is 3.05 bits per heavy atom. The summed E-state index contributed by atoms with van der Waals surface area (Å²) in [6.07, 6.45) is 4.94. The maximum Gasteiger partial charge on any atom is 0.123 e. The fraction of sp³-hybridized carbons (Fsp3) is 0.333. The first kappa shape index (κ1) is 13.3. The number of nitrogens with zero attached hydrogens (tertiary/aromatic N) is 2. The van der Waals surface area contributed by atoms with Crippen LogP contribution in [0.1, 0.15) is 43.6 Å². The first-order valence-corrected chi connectivity index (χ1v) is 6.55. The number of aromatic nitrogens is 2. The van der Waals surface area contributed by atoms with E-state index in [1.54, 1.807) is 12.3 Å². The van der Waals surface area contributed by atoms with Gasteiger partial charge in [-0.1, -0.05) is 31.9 Å². The van der Waals surface area contributed by atoms with Crippen LogP contribution in [0, 0.1) is 11.3 Å². The van der Waals surface area contributed by atoms with E-state index in [4.69, 9.17) is 11.0 Å². The molecule has 3 N–H and O–H groups in total. The predicted molar refractivity (Wildman–Crippen MR) is 75.2 cm³/mol. The highest BCUT2D eigenvalue weighted by Gasteiger charge is 2.10. The Hall–Kier alpha value is -2.12. The van der Waals surface area contributed by atoms with Crippen molar-refractivity contribution in [3.63, 3.8) is 0 Å². The lowest BCUT2D eigenvalue weighted by atomic mass is 10.1. The molecule has 4 heteroatoms. The Morgan fingerprint density at radius 1 is 1.47 bits per heavy atom. The van der Waals surface area contributed by atoms with Crippen LogP contribution in [-0.4, -0.2) is 9.97 Å². The van der Waals surface area contributed by atoms with E-state index in [9.17, 15) is 0 Å². The number of benzene rings is 1. The van der Waals surface area contributed by atoms with Crippen LogP contribution in [0.15, 0.2) is 30.5 Å². The molecule has 0 bridgehead atoms. The summed E-state index contributed by atoms with van der Waals surface area (Å²) in [7, 11) is 0. The Kier molecular flexibility index (Phi) is 4.32. The lowest BCUT2D eigenvalue weighted by molar-refractivity contribution is 0.580. The first-order chi connectivity index (χ1) is 9.24. The SMILES string of the molecule is CCCCC(N)c1ncc(-c2cccc(C#N)c2)[nH]1. The second-order valence-corrected chi connectivity index (χ2v) is 4.62. The minimum absolute atomic E-state index is 0.0483. The van der Waals surface area contributed by atoms with Gasteiger partial charge < -0.3 is 10.7 Å². The Morgan fingerprint density at radius 2 is 2.32 bits per heavy atom. The first-order valence-electron chi connectivity index (χ1n) is 6.55. The zero-order valence-electron chi connectivity index (χ0n) is 11.1. The lowest BCUT2D eigenvalue weighted by Gasteiger charge is -2.07. The summed E-state index contributed by atoms with van der Waals surface area (Å²) in [6, 6.07) is 9.54. The maximum absolute atomic E-state index is 8.90. The summed E-state index contributed by atoms with van der Waals surface area (Å²) in [6.45, 7) is 2.15. The highest BCUT2D eigenvalue weighted by Crippen LogP contribution is 2.21. The van der Waals surface area contributed by atoms with Crippen molar-refractivity contribution in [1.29, 1.82) is 5.26 Å². The zero-order valence-corrected chi connectivity index (χ0v) is 11.1. The number of hydrogen-bond acceptors (Lipinski definition) is 3. The third-order valence-corrected chi connectivity index (χ3v) is 3.12. The van der Waals surface area contributed by atoms with Crippen LogP contribution in [-0.2, 0) is 0 Å². The summed E-state index contributed by atoms with van der Waals surface area (Å²) < 4.78 is 0. The molecule has 1 aromatic carbocycles. The van der Waals surface area contributed by atoms with Gasteiger partial charge in [-0.05, 0) is 18.6 Å². The molecule has 0 aliphatic heterocycles. The van der Waals surface area contributed by atoms with Crippen molar-refractivity contribution in [2.75, 3.05) is 0 Å². The van der Waals surface area contributed by atoms with Gasteiger partial charge in [0.05, 0.1) is 29.6 Å². The van der Waals surface area contributed by atoms with Gasteiger partial charge in [-0.2, -0.15) is 5.26 Å². The van der Waals surface area contributed by atoms with Gasteiger partial charge in [-0.3, -0.25) is 0 Å². The Balaban J connectivity index is 2.18. The van der Waals surface area contributed by atoms with Crippen LogP contribution >= 0.6 is 0 Å². The zero-order chi connectivity index (χ0) is 13.7. The molecule has 0 aliphatic rings. The number of H-pyrrole nitrogens is 1. The standard InChI is InChI=1S/C15H18N4/c1-2-3-7-13(17)15-18-10-14(19-15)12-6-4-5-11(8-12)9-16/h4-6,8,10,13H,2-3,7,17H2,1H3,(H,18,19). The third-order valence-electron chi connectivity index (χ3n) is 3.12. The normalized spacial score (nSPS) is 12.1. The average molecular weight is 254 g/mol.